The molecule has 0 aliphatic rings. The third kappa shape index (κ3) is 2.78. The molecule has 1 heteroatoms. The highest BCUT2D eigenvalue weighted by molar-refractivity contribution is 5.46. The molecule has 0 heterocycles. The van der Waals surface area contributed by atoms with E-state index in [-0.39, 0.29) is 0 Å². The zero-order chi connectivity index (χ0) is 12.3. The van der Waals surface area contributed by atoms with Crippen LogP contribution in [-0.4, -0.2) is 6.61 Å². The van der Waals surface area contributed by atoms with Crippen molar-refractivity contribution >= 4 is 0 Å². The van der Waals surface area contributed by atoms with Crippen molar-refractivity contribution in [2.24, 2.45) is 0 Å². The molecule has 0 fully saturated rings. The first-order valence-corrected chi connectivity index (χ1v) is 6.24. The second kappa shape index (κ2) is 5.38. The Balaban J connectivity index is 3.27. The van der Waals surface area contributed by atoms with Crippen molar-refractivity contribution in [2.75, 3.05) is 6.61 Å². The molecule has 1 nitrogen and oxygen atoms in total. The van der Waals surface area contributed by atoms with E-state index in [4.69, 9.17) is 4.74 Å². The quantitative estimate of drug-likeness (QED) is 0.718. The number of rotatable bonds is 4. The van der Waals surface area contributed by atoms with Crippen molar-refractivity contribution in [3.05, 3.63) is 28.8 Å². The first-order chi connectivity index (χ1) is 7.47. The van der Waals surface area contributed by atoms with E-state index in [1.54, 1.807) is 0 Å². The monoisotopic (exact) mass is 220 g/mol. The van der Waals surface area contributed by atoms with Gasteiger partial charge in [0.1, 0.15) is 5.75 Å². The van der Waals surface area contributed by atoms with Gasteiger partial charge in [0.15, 0.2) is 0 Å². The molecule has 0 aliphatic carbocycles. The van der Waals surface area contributed by atoms with Gasteiger partial charge in [-0.2, -0.15) is 0 Å². The largest absolute Gasteiger partial charge is 0.493 e. The number of ether oxygens (including phenoxy) is 1. The number of hydrogen-bond donors (Lipinski definition) is 0. The van der Waals surface area contributed by atoms with Crippen LogP contribution in [0.2, 0.25) is 0 Å². The Morgan fingerprint density at radius 3 is 2.12 bits per heavy atom. The predicted molar refractivity (Wildman–Crippen MR) is 70.5 cm³/mol. The van der Waals surface area contributed by atoms with Crippen LogP contribution in [0.4, 0.5) is 0 Å². The zero-order valence-electron chi connectivity index (χ0n) is 11.4. The van der Waals surface area contributed by atoms with Crippen LogP contribution in [0, 0.1) is 6.92 Å². The smallest absolute Gasteiger partial charge is 0.125 e. The van der Waals surface area contributed by atoms with Gasteiger partial charge in [0, 0.05) is 0 Å². The summed E-state index contributed by atoms with van der Waals surface area (Å²) in [7, 11) is 0. The number of benzene rings is 1. The summed E-state index contributed by atoms with van der Waals surface area (Å²) in [5.74, 6) is 2.17. The van der Waals surface area contributed by atoms with Crippen molar-refractivity contribution in [1.29, 1.82) is 0 Å². The van der Waals surface area contributed by atoms with Crippen LogP contribution >= 0.6 is 0 Å². The molecule has 0 unspecified atom stereocenters. The number of aryl methyl sites for hydroxylation is 1. The Morgan fingerprint density at radius 2 is 1.69 bits per heavy atom. The summed E-state index contributed by atoms with van der Waals surface area (Å²) >= 11 is 0. The van der Waals surface area contributed by atoms with Gasteiger partial charge in [-0.05, 0) is 42.4 Å². The lowest BCUT2D eigenvalue weighted by atomic mass is 9.92. The zero-order valence-corrected chi connectivity index (χ0v) is 11.4. The van der Waals surface area contributed by atoms with Gasteiger partial charge in [0.2, 0.25) is 0 Å². The normalized spacial score (nSPS) is 11.2. The molecule has 0 atom stereocenters. The second-order valence-corrected chi connectivity index (χ2v) is 5.00. The van der Waals surface area contributed by atoms with Crippen molar-refractivity contribution in [2.45, 2.75) is 53.4 Å². The van der Waals surface area contributed by atoms with E-state index in [1.807, 2.05) is 6.92 Å². The van der Waals surface area contributed by atoms with Crippen LogP contribution in [0.25, 0.3) is 0 Å². The van der Waals surface area contributed by atoms with Crippen LogP contribution in [-0.2, 0) is 0 Å². The fourth-order valence-electron chi connectivity index (χ4n) is 1.93. The van der Waals surface area contributed by atoms with Crippen molar-refractivity contribution in [1.82, 2.24) is 0 Å². The summed E-state index contributed by atoms with van der Waals surface area (Å²) in [4.78, 5) is 0. The Labute approximate surface area is 99.8 Å². The minimum Gasteiger partial charge on any atom is -0.493 e. The molecule has 0 N–H and O–H groups in total. The molecule has 0 radical (unpaired) electrons. The maximum atomic E-state index is 5.76. The summed E-state index contributed by atoms with van der Waals surface area (Å²) in [5, 5.41) is 0. The summed E-state index contributed by atoms with van der Waals surface area (Å²) in [5.41, 5.74) is 4.01. The maximum Gasteiger partial charge on any atom is 0.125 e. The highest BCUT2D eigenvalue weighted by atomic mass is 16.5. The van der Waals surface area contributed by atoms with Gasteiger partial charge >= 0.3 is 0 Å². The lowest BCUT2D eigenvalue weighted by Crippen LogP contribution is -2.03. The van der Waals surface area contributed by atoms with Crippen LogP contribution in [0.3, 0.4) is 0 Å². The van der Waals surface area contributed by atoms with E-state index < -0.39 is 0 Å². The van der Waals surface area contributed by atoms with Crippen molar-refractivity contribution in [3.8, 4) is 5.75 Å². The van der Waals surface area contributed by atoms with E-state index in [0.717, 1.165) is 12.4 Å². The molecule has 0 aromatic heterocycles. The molecule has 1 aromatic rings. The first-order valence-electron chi connectivity index (χ1n) is 6.24. The van der Waals surface area contributed by atoms with E-state index >= 15 is 0 Å². The molecule has 90 valence electrons. The van der Waals surface area contributed by atoms with E-state index in [2.05, 4.69) is 46.8 Å². The van der Waals surface area contributed by atoms with Crippen molar-refractivity contribution < 1.29 is 4.74 Å². The molecule has 0 saturated heterocycles. The van der Waals surface area contributed by atoms with Crippen LogP contribution in [0.15, 0.2) is 12.1 Å². The lowest BCUT2D eigenvalue weighted by Gasteiger charge is -2.19. The number of hydrogen-bond acceptors (Lipinski definition) is 1. The lowest BCUT2D eigenvalue weighted by molar-refractivity contribution is 0.332. The van der Waals surface area contributed by atoms with E-state index in [1.165, 1.54) is 16.7 Å². The van der Waals surface area contributed by atoms with Gasteiger partial charge in [-0.15, -0.1) is 0 Å². The van der Waals surface area contributed by atoms with E-state index in [9.17, 15) is 0 Å². The first kappa shape index (κ1) is 13.1. The summed E-state index contributed by atoms with van der Waals surface area (Å²) < 4.78 is 5.76. The fourth-order valence-corrected chi connectivity index (χ4v) is 1.93. The fraction of sp³-hybridized carbons (Fsp3) is 0.600. The van der Waals surface area contributed by atoms with Gasteiger partial charge in [-0.25, -0.2) is 0 Å². The Kier molecular flexibility index (Phi) is 4.40. The third-order valence-electron chi connectivity index (χ3n) is 2.90. The summed E-state index contributed by atoms with van der Waals surface area (Å²) in [6.07, 6.45) is 0. The van der Waals surface area contributed by atoms with Gasteiger partial charge in [-0.3, -0.25) is 0 Å². The maximum absolute atomic E-state index is 5.76. The van der Waals surface area contributed by atoms with Gasteiger partial charge < -0.3 is 4.74 Å². The molecule has 16 heavy (non-hydrogen) atoms. The van der Waals surface area contributed by atoms with Gasteiger partial charge in [0.05, 0.1) is 6.61 Å². The molecule has 0 amide bonds. The second-order valence-electron chi connectivity index (χ2n) is 5.00. The van der Waals surface area contributed by atoms with Crippen LogP contribution in [0.1, 0.15) is 63.1 Å². The van der Waals surface area contributed by atoms with Gasteiger partial charge in [-0.1, -0.05) is 39.8 Å². The molecule has 1 rings (SSSR count). The van der Waals surface area contributed by atoms with Crippen LogP contribution < -0.4 is 4.74 Å². The van der Waals surface area contributed by atoms with Crippen molar-refractivity contribution in [3.63, 3.8) is 0 Å². The summed E-state index contributed by atoms with van der Waals surface area (Å²) in [6.45, 7) is 13.8. The topological polar surface area (TPSA) is 9.23 Å². The Morgan fingerprint density at radius 1 is 1.06 bits per heavy atom. The molecule has 1 aromatic carbocycles. The Hall–Kier alpha value is -0.980. The predicted octanol–water partition coefficient (Wildman–Crippen LogP) is 4.64. The Bertz CT molecular complexity index is 351. The average Bonchev–Trinajstić information content (AvgIpc) is 2.20. The minimum atomic E-state index is 0.513. The molecule has 0 saturated carbocycles. The van der Waals surface area contributed by atoms with E-state index in [0.29, 0.717) is 11.8 Å². The van der Waals surface area contributed by atoms with Crippen LogP contribution in [0.5, 0.6) is 5.75 Å². The molecule has 0 aliphatic heterocycles. The average molecular weight is 220 g/mol. The molecule has 0 bridgehead atoms. The molecular formula is C15H24O. The summed E-state index contributed by atoms with van der Waals surface area (Å²) in [6, 6.07) is 4.55. The molecule has 0 spiro atoms. The SMILES string of the molecule is CCOc1c(C)cc(C(C)C)cc1C(C)C. The minimum absolute atomic E-state index is 0.513. The standard InChI is InChI=1S/C15H24O/c1-7-16-15-12(6)8-13(10(2)3)9-14(15)11(4)5/h8-11H,7H2,1-6H3. The molecular weight excluding hydrogens is 196 g/mol. The van der Waals surface area contributed by atoms with Gasteiger partial charge in [0.25, 0.3) is 0 Å². The highest BCUT2D eigenvalue weighted by Crippen LogP contribution is 2.33. The highest BCUT2D eigenvalue weighted by Gasteiger charge is 2.13. The third-order valence-corrected chi connectivity index (χ3v) is 2.90.